The molecule has 0 aliphatic heterocycles. The molecule has 2 aromatic heterocycles. The molecule has 8 nitrogen and oxygen atoms in total. The van der Waals surface area contributed by atoms with E-state index in [4.69, 9.17) is 10.5 Å². The SMILES string of the molecule is CCOC(=O)c1nc2c(C)nc(N)nc2[nH]c1=O. The molecule has 94 valence electrons. The number of nitrogens with two attached hydrogens (primary N) is 1. The monoisotopic (exact) mass is 249 g/mol. The maximum atomic E-state index is 11.7. The lowest BCUT2D eigenvalue weighted by Gasteiger charge is -2.04. The van der Waals surface area contributed by atoms with Crippen molar-refractivity contribution in [2.45, 2.75) is 13.8 Å². The Labute approximate surface area is 101 Å². The summed E-state index contributed by atoms with van der Waals surface area (Å²) in [5, 5.41) is 0. The summed E-state index contributed by atoms with van der Waals surface area (Å²) < 4.78 is 4.73. The normalized spacial score (nSPS) is 10.6. The number of esters is 1. The number of aryl methyl sites for hydroxylation is 1. The molecule has 0 saturated heterocycles. The van der Waals surface area contributed by atoms with Crippen molar-refractivity contribution in [3.63, 3.8) is 0 Å². The molecule has 0 bridgehead atoms. The van der Waals surface area contributed by atoms with Crippen molar-refractivity contribution >= 4 is 23.1 Å². The lowest BCUT2D eigenvalue weighted by atomic mass is 10.3. The zero-order valence-electron chi connectivity index (χ0n) is 9.85. The number of hydrogen-bond donors (Lipinski definition) is 2. The number of fused-ring (bicyclic) bond motifs is 1. The van der Waals surface area contributed by atoms with E-state index in [-0.39, 0.29) is 23.9 Å². The van der Waals surface area contributed by atoms with Crippen molar-refractivity contribution in [3.8, 4) is 0 Å². The van der Waals surface area contributed by atoms with E-state index in [9.17, 15) is 9.59 Å². The second kappa shape index (κ2) is 4.40. The molecule has 2 rings (SSSR count). The molecule has 0 aliphatic rings. The number of anilines is 1. The summed E-state index contributed by atoms with van der Waals surface area (Å²) in [5.41, 5.74) is 5.45. The minimum Gasteiger partial charge on any atom is -0.461 e. The number of hydrogen-bond acceptors (Lipinski definition) is 7. The number of nitrogens with one attached hydrogen (secondary N) is 1. The predicted molar refractivity (Wildman–Crippen MR) is 63.1 cm³/mol. The van der Waals surface area contributed by atoms with Gasteiger partial charge < -0.3 is 15.5 Å². The number of aromatic amines is 1. The van der Waals surface area contributed by atoms with Crippen LogP contribution in [0.3, 0.4) is 0 Å². The smallest absolute Gasteiger partial charge is 0.362 e. The van der Waals surface area contributed by atoms with Crippen LogP contribution < -0.4 is 11.3 Å². The molecule has 3 N–H and O–H groups in total. The molecule has 0 spiro atoms. The fourth-order valence-corrected chi connectivity index (χ4v) is 1.48. The van der Waals surface area contributed by atoms with Gasteiger partial charge in [0.1, 0.15) is 5.52 Å². The van der Waals surface area contributed by atoms with Gasteiger partial charge in [-0.1, -0.05) is 0 Å². The highest BCUT2D eigenvalue weighted by Crippen LogP contribution is 2.10. The molecular formula is C10H11N5O3. The number of rotatable bonds is 2. The Hall–Kier alpha value is -2.51. The Kier molecular flexibility index (Phi) is 2.92. The number of ether oxygens (including phenoxy) is 1. The van der Waals surface area contributed by atoms with E-state index in [1.807, 2.05) is 0 Å². The van der Waals surface area contributed by atoms with E-state index in [2.05, 4.69) is 19.9 Å². The molecule has 0 radical (unpaired) electrons. The third-order valence-corrected chi connectivity index (χ3v) is 2.22. The summed E-state index contributed by atoms with van der Waals surface area (Å²) in [4.78, 5) is 37.3. The summed E-state index contributed by atoms with van der Waals surface area (Å²) in [6.45, 7) is 3.46. The van der Waals surface area contributed by atoms with E-state index >= 15 is 0 Å². The zero-order valence-corrected chi connectivity index (χ0v) is 9.85. The van der Waals surface area contributed by atoms with Crippen LogP contribution in [-0.4, -0.2) is 32.5 Å². The Morgan fingerprint density at radius 1 is 1.39 bits per heavy atom. The van der Waals surface area contributed by atoms with Crippen LogP contribution in [0.5, 0.6) is 0 Å². The first-order valence-corrected chi connectivity index (χ1v) is 5.24. The number of nitrogens with zero attached hydrogens (tertiary/aromatic N) is 3. The van der Waals surface area contributed by atoms with Crippen LogP contribution in [0.4, 0.5) is 5.95 Å². The fourth-order valence-electron chi connectivity index (χ4n) is 1.48. The molecule has 0 aliphatic carbocycles. The van der Waals surface area contributed by atoms with Gasteiger partial charge >= 0.3 is 5.97 Å². The molecule has 0 unspecified atom stereocenters. The summed E-state index contributed by atoms with van der Waals surface area (Å²) in [6.07, 6.45) is 0. The van der Waals surface area contributed by atoms with E-state index in [0.29, 0.717) is 11.2 Å². The Bertz CT molecular complexity index is 679. The van der Waals surface area contributed by atoms with Crippen molar-refractivity contribution in [3.05, 3.63) is 21.7 Å². The minimum atomic E-state index is -0.781. The van der Waals surface area contributed by atoms with Gasteiger partial charge in [-0.15, -0.1) is 0 Å². The first-order valence-electron chi connectivity index (χ1n) is 5.24. The van der Waals surface area contributed by atoms with Gasteiger partial charge in [0.15, 0.2) is 5.65 Å². The largest absolute Gasteiger partial charge is 0.461 e. The summed E-state index contributed by atoms with van der Waals surface area (Å²) in [5.74, 6) is -0.752. The third-order valence-electron chi connectivity index (χ3n) is 2.22. The maximum absolute atomic E-state index is 11.7. The van der Waals surface area contributed by atoms with Gasteiger partial charge in [-0.3, -0.25) is 4.79 Å². The van der Waals surface area contributed by atoms with Gasteiger partial charge in [0.2, 0.25) is 11.6 Å². The Morgan fingerprint density at radius 3 is 2.78 bits per heavy atom. The van der Waals surface area contributed by atoms with Crippen LogP contribution in [0.1, 0.15) is 23.1 Å². The second-order valence-electron chi connectivity index (χ2n) is 3.50. The second-order valence-corrected chi connectivity index (χ2v) is 3.50. The fraction of sp³-hybridized carbons (Fsp3) is 0.300. The topological polar surface area (TPSA) is 124 Å². The van der Waals surface area contributed by atoms with Crippen LogP contribution in [0, 0.1) is 6.92 Å². The number of nitrogen functional groups attached to an aromatic ring is 1. The number of aromatic nitrogens is 4. The third kappa shape index (κ3) is 1.99. The number of carbonyl (C=O) groups is 1. The van der Waals surface area contributed by atoms with Gasteiger partial charge in [0.25, 0.3) is 5.56 Å². The molecule has 2 heterocycles. The minimum absolute atomic E-state index is 0.0290. The highest BCUT2D eigenvalue weighted by molar-refractivity contribution is 5.89. The van der Waals surface area contributed by atoms with E-state index in [0.717, 1.165) is 0 Å². The number of carbonyl (C=O) groups excluding carboxylic acids is 1. The van der Waals surface area contributed by atoms with Gasteiger partial charge in [0, 0.05) is 0 Å². The molecular weight excluding hydrogens is 238 g/mol. The van der Waals surface area contributed by atoms with Crippen LogP contribution in [-0.2, 0) is 4.74 Å². The van der Waals surface area contributed by atoms with Gasteiger partial charge in [0.05, 0.1) is 12.3 Å². The van der Waals surface area contributed by atoms with Crippen LogP contribution in [0.2, 0.25) is 0 Å². The molecule has 8 heteroatoms. The summed E-state index contributed by atoms with van der Waals surface area (Å²) in [6, 6.07) is 0. The molecule has 0 amide bonds. The molecule has 18 heavy (non-hydrogen) atoms. The van der Waals surface area contributed by atoms with Crippen molar-refractivity contribution in [1.82, 2.24) is 19.9 Å². The van der Waals surface area contributed by atoms with Gasteiger partial charge in [-0.2, -0.15) is 4.98 Å². The van der Waals surface area contributed by atoms with Crippen LogP contribution in [0.25, 0.3) is 11.2 Å². The van der Waals surface area contributed by atoms with Crippen LogP contribution in [0.15, 0.2) is 4.79 Å². The van der Waals surface area contributed by atoms with Crippen LogP contribution >= 0.6 is 0 Å². The standard InChI is InChI=1S/C10H11N5O3/c1-3-18-9(17)6-8(16)14-7-5(13-6)4(2)12-10(11)15-7/h3H2,1-2H3,(H3,11,12,14,15,16). The number of H-pyrrole nitrogens is 1. The zero-order chi connectivity index (χ0) is 13.3. The summed E-state index contributed by atoms with van der Waals surface area (Å²) in [7, 11) is 0. The van der Waals surface area contributed by atoms with Gasteiger partial charge in [-0.05, 0) is 13.8 Å². The lowest BCUT2D eigenvalue weighted by Crippen LogP contribution is -2.23. The highest BCUT2D eigenvalue weighted by atomic mass is 16.5. The quantitative estimate of drug-likeness (QED) is 0.705. The average molecular weight is 249 g/mol. The molecule has 0 saturated carbocycles. The first kappa shape index (κ1) is 12.0. The Morgan fingerprint density at radius 2 is 2.11 bits per heavy atom. The van der Waals surface area contributed by atoms with Crippen molar-refractivity contribution in [2.24, 2.45) is 0 Å². The van der Waals surface area contributed by atoms with Crippen molar-refractivity contribution in [2.75, 3.05) is 12.3 Å². The maximum Gasteiger partial charge on any atom is 0.362 e. The average Bonchev–Trinajstić information content (AvgIpc) is 2.27. The van der Waals surface area contributed by atoms with Crippen molar-refractivity contribution < 1.29 is 9.53 Å². The molecule has 0 fully saturated rings. The molecule has 0 aromatic carbocycles. The Balaban J connectivity index is 2.69. The van der Waals surface area contributed by atoms with E-state index in [1.165, 1.54) is 0 Å². The van der Waals surface area contributed by atoms with E-state index in [1.54, 1.807) is 13.8 Å². The lowest BCUT2D eigenvalue weighted by molar-refractivity contribution is 0.0517. The summed E-state index contributed by atoms with van der Waals surface area (Å²) >= 11 is 0. The molecule has 2 aromatic rings. The van der Waals surface area contributed by atoms with Gasteiger partial charge in [-0.25, -0.2) is 14.8 Å². The molecule has 0 atom stereocenters. The predicted octanol–water partition coefficient (Wildman–Crippen LogP) is -0.220. The van der Waals surface area contributed by atoms with E-state index < -0.39 is 11.5 Å². The highest BCUT2D eigenvalue weighted by Gasteiger charge is 2.16. The first-order chi connectivity index (χ1) is 8.52. The van der Waals surface area contributed by atoms with Crippen molar-refractivity contribution in [1.29, 1.82) is 0 Å².